The molecule has 1 amide bonds. The summed E-state index contributed by atoms with van der Waals surface area (Å²) in [5.74, 6) is -0.139. The van der Waals surface area contributed by atoms with Crippen LogP contribution in [0.4, 0.5) is 17.6 Å². The summed E-state index contributed by atoms with van der Waals surface area (Å²) in [5.41, 5.74) is 2.38. The minimum absolute atomic E-state index is 0.0433. The standard InChI is InChI=1S/C24H16Cl2N6O3/c25-17-9-6-14(7-10-17)19-13-20(15-4-2-1-3-5-15)31-24(27-19)29-23(30-31)28-22(33)16-8-11-18(26)21(12-16)32(34)35/h1-13,20H,(H2,27,28,29,30,33). The van der Waals surface area contributed by atoms with Gasteiger partial charge in [-0.1, -0.05) is 65.7 Å². The summed E-state index contributed by atoms with van der Waals surface area (Å²) >= 11 is 11.9. The van der Waals surface area contributed by atoms with Crippen LogP contribution in [-0.2, 0) is 0 Å². The number of rotatable bonds is 5. The highest BCUT2D eigenvalue weighted by Gasteiger charge is 2.26. The van der Waals surface area contributed by atoms with E-state index in [-0.39, 0.29) is 28.3 Å². The summed E-state index contributed by atoms with van der Waals surface area (Å²) in [4.78, 5) is 27.7. The van der Waals surface area contributed by atoms with Crippen molar-refractivity contribution in [3.63, 3.8) is 0 Å². The fourth-order valence-corrected chi connectivity index (χ4v) is 4.01. The number of benzene rings is 3. The summed E-state index contributed by atoms with van der Waals surface area (Å²) in [6, 6.07) is 20.6. The van der Waals surface area contributed by atoms with Gasteiger partial charge >= 0.3 is 0 Å². The van der Waals surface area contributed by atoms with Crippen molar-refractivity contribution in [1.29, 1.82) is 0 Å². The van der Waals surface area contributed by atoms with Crippen LogP contribution in [0.15, 0.2) is 78.9 Å². The van der Waals surface area contributed by atoms with Crippen molar-refractivity contribution >= 4 is 52.4 Å². The Labute approximate surface area is 209 Å². The number of hydrogen-bond acceptors (Lipinski definition) is 6. The van der Waals surface area contributed by atoms with Gasteiger partial charge in [0.25, 0.3) is 17.5 Å². The van der Waals surface area contributed by atoms with Crippen LogP contribution in [0.2, 0.25) is 10.0 Å². The largest absolute Gasteiger partial charge is 0.324 e. The van der Waals surface area contributed by atoms with Gasteiger partial charge in [-0.25, -0.2) is 4.68 Å². The van der Waals surface area contributed by atoms with Gasteiger partial charge in [-0.2, -0.15) is 4.98 Å². The van der Waals surface area contributed by atoms with Gasteiger partial charge in [-0.3, -0.25) is 20.2 Å². The molecule has 0 radical (unpaired) electrons. The molecule has 174 valence electrons. The van der Waals surface area contributed by atoms with Crippen LogP contribution >= 0.6 is 23.2 Å². The van der Waals surface area contributed by atoms with Gasteiger partial charge in [0, 0.05) is 22.3 Å². The Hall–Kier alpha value is -4.21. The maximum Gasteiger partial charge on any atom is 0.288 e. The topological polar surface area (TPSA) is 115 Å². The first-order valence-electron chi connectivity index (χ1n) is 10.4. The van der Waals surface area contributed by atoms with E-state index in [4.69, 9.17) is 23.2 Å². The Morgan fingerprint density at radius 2 is 1.80 bits per heavy atom. The molecule has 9 nitrogen and oxygen atoms in total. The number of halogens is 2. The molecule has 2 heterocycles. The maximum atomic E-state index is 12.8. The summed E-state index contributed by atoms with van der Waals surface area (Å²) in [6.45, 7) is 0. The van der Waals surface area contributed by atoms with Crippen LogP contribution in [0.1, 0.15) is 27.5 Å². The number of nitro benzene ring substituents is 1. The molecule has 1 aliphatic rings. The van der Waals surface area contributed by atoms with Gasteiger partial charge in [-0.05, 0) is 41.5 Å². The van der Waals surface area contributed by atoms with E-state index >= 15 is 0 Å². The van der Waals surface area contributed by atoms with Crippen LogP contribution < -0.4 is 10.6 Å². The Balaban J connectivity index is 1.48. The molecule has 0 fully saturated rings. The molecule has 4 aromatic rings. The van der Waals surface area contributed by atoms with Crippen molar-refractivity contribution in [1.82, 2.24) is 14.8 Å². The molecule has 11 heteroatoms. The lowest BCUT2D eigenvalue weighted by molar-refractivity contribution is -0.384. The molecule has 3 aromatic carbocycles. The Kier molecular flexibility index (Phi) is 5.94. The molecule has 5 rings (SSSR count). The van der Waals surface area contributed by atoms with E-state index in [0.29, 0.717) is 11.0 Å². The molecule has 0 saturated heterocycles. The number of amides is 1. The Bertz CT molecular complexity index is 1470. The molecule has 0 aliphatic carbocycles. The zero-order valence-electron chi connectivity index (χ0n) is 17.9. The predicted octanol–water partition coefficient (Wildman–Crippen LogP) is 5.80. The van der Waals surface area contributed by atoms with E-state index in [1.807, 2.05) is 48.5 Å². The quantitative estimate of drug-likeness (QED) is 0.261. The number of fused-ring (bicyclic) bond motifs is 1. The number of nitrogens with one attached hydrogen (secondary N) is 2. The summed E-state index contributed by atoms with van der Waals surface area (Å²) in [6.07, 6.45) is 2.01. The number of carbonyl (C=O) groups excluding carboxylic acids is 1. The average Bonchev–Trinajstić information content (AvgIpc) is 3.26. The highest BCUT2D eigenvalue weighted by atomic mass is 35.5. The third-order valence-corrected chi connectivity index (χ3v) is 5.96. The Morgan fingerprint density at radius 3 is 2.51 bits per heavy atom. The third kappa shape index (κ3) is 4.59. The van der Waals surface area contributed by atoms with Gasteiger partial charge in [0.2, 0.25) is 5.95 Å². The van der Waals surface area contributed by atoms with E-state index in [1.165, 1.54) is 12.1 Å². The number of nitrogens with zero attached hydrogens (tertiary/aromatic N) is 4. The monoisotopic (exact) mass is 506 g/mol. The van der Waals surface area contributed by atoms with Crippen molar-refractivity contribution < 1.29 is 9.72 Å². The number of hydrogen-bond donors (Lipinski definition) is 2. The molecule has 0 bridgehead atoms. The van der Waals surface area contributed by atoms with Gasteiger partial charge in [0.1, 0.15) is 11.1 Å². The van der Waals surface area contributed by atoms with Crippen molar-refractivity contribution in [2.24, 2.45) is 0 Å². The average molecular weight is 507 g/mol. The summed E-state index contributed by atoms with van der Waals surface area (Å²) in [7, 11) is 0. The van der Waals surface area contributed by atoms with Crippen molar-refractivity contribution in [3.8, 4) is 0 Å². The normalized spacial score (nSPS) is 14.5. The number of nitro groups is 1. The third-order valence-electron chi connectivity index (χ3n) is 5.39. The zero-order valence-corrected chi connectivity index (χ0v) is 19.4. The molecular weight excluding hydrogens is 491 g/mol. The van der Waals surface area contributed by atoms with E-state index < -0.39 is 10.8 Å². The molecule has 1 aliphatic heterocycles. The molecule has 35 heavy (non-hydrogen) atoms. The number of anilines is 2. The lowest BCUT2D eigenvalue weighted by Crippen LogP contribution is -2.20. The van der Waals surface area contributed by atoms with Crippen molar-refractivity contribution in [2.75, 3.05) is 10.6 Å². The minimum Gasteiger partial charge on any atom is -0.324 e. The molecular formula is C24H16Cl2N6O3. The number of carbonyl (C=O) groups is 1. The molecule has 0 saturated carbocycles. The summed E-state index contributed by atoms with van der Waals surface area (Å²) < 4.78 is 1.66. The number of aromatic nitrogens is 3. The van der Waals surface area contributed by atoms with E-state index in [1.54, 1.807) is 16.8 Å². The molecule has 1 unspecified atom stereocenters. The van der Waals surface area contributed by atoms with Crippen LogP contribution in [0.3, 0.4) is 0 Å². The smallest absolute Gasteiger partial charge is 0.288 e. The second kappa shape index (κ2) is 9.21. The Morgan fingerprint density at radius 1 is 1.06 bits per heavy atom. The lowest BCUT2D eigenvalue weighted by Gasteiger charge is -2.24. The highest BCUT2D eigenvalue weighted by Crippen LogP contribution is 2.33. The van der Waals surface area contributed by atoms with Gasteiger partial charge < -0.3 is 5.32 Å². The first kappa shape index (κ1) is 22.6. The minimum atomic E-state index is -0.648. The molecule has 0 spiro atoms. The SMILES string of the molecule is O=C(Nc1nc2n(n1)C(c1ccccc1)C=C(c1ccc(Cl)cc1)N2)c1ccc(Cl)c([N+](=O)[O-])c1. The van der Waals surface area contributed by atoms with Gasteiger partial charge in [-0.15, -0.1) is 5.10 Å². The molecule has 1 atom stereocenters. The van der Waals surface area contributed by atoms with E-state index in [9.17, 15) is 14.9 Å². The first-order valence-corrected chi connectivity index (χ1v) is 11.2. The van der Waals surface area contributed by atoms with E-state index in [0.717, 1.165) is 22.9 Å². The predicted molar refractivity (Wildman–Crippen MR) is 134 cm³/mol. The molecule has 1 aromatic heterocycles. The molecule has 2 N–H and O–H groups in total. The van der Waals surface area contributed by atoms with E-state index in [2.05, 4.69) is 20.7 Å². The van der Waals surface area contributed by atoms with Crippen LogP contribution in [0, 0.1) is 10.1 Å². The fourth-order valence-electron chi connectivity index (χ4n) is 3.70. The second-order valence-corrected chi connectivity index (χ2v) is 8.49. The zero-order chi connectivity index (χ0) is 24.5. The van der Waals surface area contributed by atoms with Crippen LogP contribution in [-0.4, -0.2) is 25.6 Å². The lowest BCUT2D eigenvalue weighted by atomic mass is 10.0. The van der Waals surface area contributed by atoms with Crippen LogP contribution in [0.25, 0.3) is 5.70 Å². The highest BCUT2D eigenvalue weighted by molar-refractivity contribution is 6.32. The maximum absolute atomic E-state index is 12.8. The van der Waals surface area contributed by atoms with Crippen molar-refractivity contribution in [2.45, 2.75) is 6.04 Å². The van der Waals surface area contributed by atoms with Crippen molar-refractivity contribution in [3.05, 3.63) is 116 Å². The van der Waals surface area contributed by atoms with Gasteiger partial charge in [0.15, 0.2) is 0 Å². The number of allylic oxidation sites excluding steroid dienone is 1. The fraction of sp³-hybridized carbons (Fsp3) is 0.0417. The first-order chi connectivity index (χ1) is 16.9. The van der Waals surface area contributed by atoms with Gasteiger partial charge in [0.05, 0.1) is 4.92 Å². The second-order valence-electron chi connectivity index (χ2n) is 7.65. The van der Waals surface area contributed by atoms with Crippen LogP contribution in [0.5, 0.6) is 0 Å². The summed E-state index contributed by atoms with van der Waals surface area (Å²) in [5, 5.41) is 22.1.